The van der Waals surface area contributed by atoms with Crippen molar-refractivity contribution in [3.05, 3.63) is 35.3 Å². The molecule has 1 heterocycles. The van der Waals surface area contributed by atoms with Crippen LogP contribution in [-0.4, -0.2) is 0 Å². The zero-order valence-electron chi connectivity index (χ0n) is 8.20. The minimum absolute atomic E-state index is 0.888. The minimum Gasteiger partial charge on any atom is -0.619 e. The number of rotatable bonds is 5. The summed E-state index contributed by atoms with van der Waals surface area (Å²) in [5.41, 5.74) is 0.888. The molecule has 2 nitrogen and oxygen atoms in total. The van der Waals surface area contributed by atoms with Crippen LogP contribution in [0.2, 0.25) is 0 Å². The molecule has 0 amide bonds. The highest BCUT2D eigenvalue weighted by atomic mass is 16.5. The third-order valence-corrected chi connectivity index (χ3v) is 2.19. The topological polar surface area (TPSA) is 26.9 Å². The smallest absolute Gasteiger partial charge is 0.192 e. The number of hydrogen-bond donors (Lipinski definition) is 0. The largest absolute Gasteiger partial charge is 0.619 e. The van der Waals surface area contributed by atoms with E-state index in [1.807, 2.05) is 12.1 Å². The summed E-state index contributed by atoms with van der Waals surface area (Å²) in [4.78, 5) is 0. The van der Waals surface area contributed by atoms with Gasteiger partial charge < -0.3 is 5.21 Å². The summed E-state index contributed by atoms with van der Waals surface area (Å²) in [6.45, 7) is 2.19. The molecule has 1 aromatic heterocycles. The van der Waals surface area contributed by atoms with Crippen LogP contribution in [0.5, 0.6) is 0 Å². The van der Waals surface area contributed by atoms with E-state index in [0.717, 1.165) is 23.3 Å². The number of aromatic nitrogens is 1. The first-order chi connectivity index (χ1) is 6.34. The molecule has 0 aromatic carbocycles. The standard InChI is InChI=1S/C11H17NO/c1-2-3-4-5-8-11-9-6-7-10-12(11)13/h6-7,9-10H,2-5,8H2,1H3. The van der Waals surface area contributed by atoms with Gasteiger partial charge in [0.1, 0.15) is 0 Å². The fraction of sp³-hybridized carbons (Fsp3) is 0.545. The highest BCUT2D eigenvalue weighted by Gasteiger charge is 2.01. The van der Waals surface area contributed by atoms with Crippen LogP contribution in [0.15, 0.2) is 24.4 Å². The Balaban J connectivity index is 2.32. The molecule has 0 aliphatic heterocycles. The number of nitrogens with zero attached hydrogens (tertiary/aromatic N) is 1. The summed E-state index contributed by atoms with van der Waals surface area (Å²) in [5, 5.41) is 11.2. The van der Waals surface area contributed by atoms with Crippen molar-refractivity contribution in [3.63, 3.8) is 0 Å². The monoisotopic (exact) mass is 179 g/mol. The van der Waals surface area contributed by atoms with Gasteiger partial charge in [-0.1, -0.05) is 32.3 Å². The van der Waals surface area contributed by atoms with E-state index in [1.54, 1.807) is 12.3 Å². The minimum atomic E-state index is 0.888. The van der Waals surface area contributed by atoms with Gasteiger partial charge in [0.25, 0.3) is 0 Å². The van der Waals surface area contributed by atoms with Crippen molar-refractivity contribution >= 4 is 0 Å². The third kappa shape index (κ3) is 3.45. The Kier molecular flexibility index (Phi) is 4.30. The number of unbranched alkanes of at least 4 members (excludes halogenated alkanes) is 3. The van der Waals surface area contributed by atoms with Gasteiger partial charge in [0.05, 0.1) is 0 Å². The zero-order chi connectivity index (χ0) is 9.52. The first kappa shape index (κ1) is 10.0. The Bertz CT molecular complexity index is 248. The molecule has 0 radical (unpaired) electrons. The lowest BCUT2D eigenvalue weighted by Gasteiger charge is -2.02. The van der Waals surface area contributed by atoms with Crippen molar-refractivity contribution < 1.29 is 4.73 Å². The van der Waals surface area contributed by atoms with Crippen molar-refractivity contribution in [2.24, 2.45) is 0 Å². The second-order valence-electron chi connectivity index (χ2n) is 3.33. The third-order valence-electron chi connectivity index (χ3n) is 2.19. The second kappa shape index (κ2) is 5.57. The molecule has 0 unspecified atom stereocenters. The predicted molar refractivity (Wildman–Crippen MR) is 53.2 cm³/mol. The van der Waals surface area contributed by atoms with Gasteiger partial charge in [0, 0.05) is 18.6 Å². The van der Waals surface area contributed by atoms with Gasteiger partial charge in [0.2, 0.25) is 0 Å². The molecular formula is C11H17NO. The van der Waals surface area contributed by atoms with Crippen molar-refractivity contribution in [2.75, 3.05) is 0 Å². The number of aryl methyl sites for hydroxylation is 1. The SMILES string of the molecule is CCCCCCc1cccc[n+]1[O-]. The van der Waals surface area contributed by atoms with E-state index in [0.29, 0.717) is 0 Å². The van der Waals surface area contributed by atoms with Gasteiger partial charge in [-0.3, -0.25) is 0 Å². The molecule has 0 atom stereocenters. The van der Waals surface area contributed by atoms with Gasteiger partial charge in [-0.15, -0.1) is 0 Å². The Labute approximate surface area is 79.8 Å². The van der Waals surface area contributed by atoms with Crippen LogP contribution in [0.3, 0.4) is 0 Å². The highest BCUT2D eigenvalue weighted by molar-refractivity contribution is 4.97. The zero-order valence-corrected chi connectivity index (χ0v) is 8.20. The summed E-state index contributed by atoms with van der Waals surface area (Å²) in [6, 6.07) is 5.59. The van der Waals surface area contributed by atoms with Crippen LogP contribution in [-0.2, 0) is 6.42 Å². The van der Waals surface area contributed by atoms with Gasteiger partial charge >= 0.3 is 0 Å². The molecule has 0 N–H and O–H groups in total. The average Bonchev–Trinajstić information content (AvgIpc) is 2.15. The molecule has 1 aromatic rings. The fourth-order valence-electron chi connectivity index (χ4n) is 1.39. The molecular weight excluding hydrogens is 162 g/mol. The summed E-state index contributed by atoms with van der Waals surface area (Å²) < 4.78 is 0.964. The highest BCUT2D eigenvalue weighted by Crippen LogP contribution is 2.03. The molecule has 0 saturated carbocycles. The maximum Gasteiger partial charge on any atom is 0.192 e. The van der Waals surface area contributed by atoms with Gasteiger partial charge in [0.15, 0.2) is 11.9 Å². The fourth-order valence-corrected chi connectivity index (χ4v) is 1.39. The number of hydrogen-bond acceptors (Lipinski definition) is 1. The van der Waals surface area contributed by atoms with Crippen LogP contribution in [0.4, 0.5) is 0 Å². The second-order valence-corrected chi connectivity index (χ2v) is 3.33. The lowest BCUT2D eigenvalue weighted by Crippen LogP contribution is -2.30. The first-order valence-corrected chi connectivity index (χ1v) is 5.01. The normalized spacial score (nSPS) is 10.2. The summed E-state index contributed by atoms with van der Waals surface area (Å²) in [5.74, 6) is 0. The molecule has 0 aliphatic rings. The van der Waals surface area contributed by atoms with Gasteiger partial charge in [-0.2, -0.15) is 4.73 Å². The van der Waals surface area contributed by atoms with E-state index in [1.165, 1.54) is 19.3 Å². The lowest BCUT2D eigenvalue weighted by atomic mass is 10.1. The van der Waals surface area contributed by atoms with Crippen LogP contribution >= 0.6 is 0 Å². The molecule has 72 valence electrons. The van der Waals surface area contributed by atoms with Crippen LogP contribution in [0, 0.1) is 5.21 Å². The summed E-state index contributed by atoms with van der Waals surface area (Å²) in [6.07, 6.45) is 7.34. The molecule has 0 saturated heterocycles. The van der Waals surface area contributed by atoms with Gasteiger partial charge in [-0.05, 0) is 6.42 Å². The van der Waals surface area contributed by atoms with Crippen molar-refractivity contribution in [1.82, 2.24) is 0 Å². The van der Waals surface area contributed by atoms with Crippen molar-refractivity contribution in [3.8, 4) is 0 Å². The molecule has 0 spiro atoms. The van der Waals surface area contributed by atoms with Crippen molar-refractivity contribution in [1.29, 1.82) is 0 Å². The Morgan fingerprint density at radius 1 is 1.23 bits per heavy atom. The Morgan fingerprint density at radius 3 is 2.77 bits per heavy atom. The molecule has 2 heteroatoms. The molecule has 0 aliphatic carbocycles. The average molecular weight is 179 g/mol. The van der Waals surface area contributed by atoms with Crippen molar-refractivity contribution in [2.45, 2.75) is 39.0 Å². The van der Waals surface area contributed by atoms with E-state index in [9.17, 15) is 5.21 Å². The van der Waals surface area contributed by atoms with Crippen LogP contribution in [0.25, 0.3) is 0 Å². The predicted octanol–water partition coefficient (Wildman–Crippen LogP) is 2.44. The lowest BCUT2D eigenvalue weighted by molar-refractivity contribution is -0.614. The van der Waals surface area contributed by atoms with Crippen LogP contribution < -0.4 is 4.73 Å². The number of pyridine rings is 1. The van der Waals surface area contributed by atoms with E-state index in [2.05, 4.69) is 6.92 Å². The molecule has 1 rings (SSSR count). The Hall–Kier alpha value is -1.05. The molecule has 0 bridgehead atoms. The van der Waals surface area contributed by atoms with E-state index < -0.39 is 0 Å². The molecule has 0 fully saturated rings. The van der Waals surface area contributed by atoms with Crippen LogP contribution in [0.1, 0.15) is 38.3 Å². The Morgan fingerprint density at radius 2 is 2.08 bits per heavy atom. The summed E-state index contributed by atoms with van der Waals surface area (Å²) >= 11 is 0. The van der Waals surface area contributed by atoms with E-state index >= 15 is 0 Å². The molecule has 13 heavy (non-hydrogen) atoms. The maximum atomic E-state index is 11.2. The van der Waals surface area contributed by atoms with Gasteiger partial charge in [-0.25, -0.2) is 0 Å². The van der Waals surface area contributed by atoms with E-state index in [-0.39, 0.29) is 0 Å². The summed E-state index contributed by atoms with van der Waals surface area (Å²) in [7, 11) is 0. The first-order valence-electron chi connectivity index (χ1n) is 5.01. The maximum absolute atomic E-state index is 11.2. The quantitative estimate of drug-likeness (QED) is 0.387. The van der Waals surface area contributed by atoms with E-state index in [4.69, 9.17) is 0 Å².